The van der Waals surface area contributed by atoms with Crippen LogP contribution in [-0.2, 0) is 57.0 Å². The number of carbonyl (C=O) groups is 1. The first-order valence-corrected chi connectivity index (χ1v) is 23.7. The highest BCUT2D eigenvalue weighted by Gasteiger charge is 2.60. The quantitative estimate of drug-likeness (QED) is 0.124. The zero-order chi connectivity index (χ0) is 46.8. The Bertz CT molecular complexity index is 1820. The summed E-state index contributed by atoms with van der Waals surface area (Å²) in [6, 6.07) is 0. The molecule has 4 saturated heterocycles. The SMILES string of the molecule is C=CNO[C@H]1[C@H](C)O[C@@H](O[C@H]2[C@H](C)O[C@@H](O[C@@H]3/C(C)=C/C[C@@H]4C[C@@H](C[C@]5(C=C[C@H](C)[C@@H](C(C)CC)O5)O4)OC(=O)[C@@H]4C=C(C)[C@@H](O)[C@H]5OC/C(=C\C=C\[C@@H]3C)[C@]54O)C[C@@H]2OC)C[C@@H]1OC. The normalized spacial score (nSPS) is 47.3. The zero-order valence-corrected chi connectivity index (χ0v) is 40.0. The van der Waals surface area contributed by atoms with Gasteiger partial charge >= 0.3 is 5.97 Å². The van der Waals surface area contributed by atoms with E-state index >= 15 is 0 Å². The van der Waals surface area contributed by atoms with Crippen LogP contribution in [0.3, 0.4) is 0 Å². The first kappa shape index (κ1) is 50.1. The molecule has 20 atom stereocenters. The number of aliphatic hydroxyl groups excluding tert-OH is 1. The molecule has 15 heteroatoms. The van der Waals surface area contributed by atoms with Crippen LogP contribution in [0.4, 0.5) is 0 Å². The van der Waals surface area contributed by atoms with Crippen LogP contribution in [0.25, 0.3) is 0 Å². The first-order valence-electron chi connectivity index (χ1n) is 23.7. The van der Waals surface area contributed by atoms with E-state index in [-0.39, 0.29) is 61.0 Å². The van der Waals surface area contributed by atoms with Crippen LogP contribution in [0.2, 0.25) is 0 Å². The Labute approximate surface area is 385 Å². The highest BCUT2D eigenvalue weighted by molar-refractivity contribution is 5.78. The number of carbonyl (C=O) groups excluding carboxylic acids is 1. The second kappa shape index (κ2) is 21.3. The van der Waals surface area contributed by atoms with E-state index in [4.69, 9.17) is 52.2 Å². The Morgan fingerprint density at radius 3 is 2.32 bits per heavy atom. The molecule has 65 heavy (non-hydrogen) atoms. The van der Waals surface area contributed by atoms with Gasteiger partial charge in [0, 0.05) is 57.9 Å². The van der Waals surface area contributed by atoms with Gasteiger partial charge in [0.25, 0.3) is 0 Å². The molecule has 3 N–H and O–H groups in total. The van der Waals surface area contributed by atoms with E-state index < -0.39 is 72.5 Å². The van der Waals surface area contributed by atoms with Gasteiger partial charge in [-0.1, -0.05) is 77.2 Å². The lowest BCUT2D eigenvalue weighted by Crippen LogP contribution is -2.58. The minimum atomic E-state index is -1.84. The summed E-state index contributed by atoms with van der Waals surface area (Å²) in [6.07, 6.45) is 10.8. The summed E-state index contributed by atoms with van der Waals surface area (Å²) in [6.45, 7) is 19.9. The number of methoxy groups -OCH3 is 2. The van der Waals surface area contributed by atoms with Crippen LogP contribution in [0.1, 0.15) is 93.9 Å². The highest BCUT2D eigenvalue weighted by atomic mass is 16.7. The van der Waals surface area contributed by atoms with Gasteiger partial charge in [-0.3, -0.25) is 15.1 Å². The highest BCUT2D eigenvalue weighted by Crippen LogP contribution is 2.47. The smallest absolute Gasteiger partial charge is 0.316 e. The number of esters is 1. The molecule has 364 valence electrons. The van der Waals surface area contributed by atoms with E-state index in [1.54, 1.807) is 33.3 Å². The fourth-order valence-electron chi connectivity index (χ4n) is 10.8. The lowest BCUT2D eigenvalue weighted by Gasteiger charge is -2.48. The molecule has 1 unspecified atom stereocenters. The van der Waals surface area contributed by atoms with Crippen molar-refractivity contribution in [1.82, 2.24) is 5.48 Å². The van der Waals surface area contributed by atoms with E-state index in [0.29, 0.717) is 43.3 Å². The lowest BCUT2D eigenvalue weighted by atomic mass is 9.71. The molecule has 1 spiro atoms. The van der Waals surface area contributed by atoms with E-state index in [0.717, 1.165) is 12.0 Å². The second-order valence-corrected chi connectivity index (χ2v) is 19.4. The molecule has 7 aliphatic rings. The summed E-state index contributed by atoms with van der Waals surface area (Å²) in [5.41, 5.74) is 2.84. The average Bonchev–Trinajstić information content (AvgIpc) is 3.62. The number of ether oxygens (including phenoxy) is 10. The topological polar surface area (TPSA) is 171 Å². The van der Waals surface area contributed by atoms with Crippen molar-refractivity contribution in [2.24, 2.45) is 23.7 Å². The predicted molar refractivity (Wildman–Crippen MR) is 240 cm³/mol. The monoisotopic (exact) mass is 914 g/mol. The fourth-order valence-corrected chi connectivity index (χ4v) is 10.8. The number of rotatable bonds is 11. The van der Waals surface area contributed by atoms with Crippen LogP contribution >= 0.6 is 0 Å². The van der Waals surface area contributed by atoms with Crippen molar-refractivity contribution in [3.63, 3.8) is 0 Å². The van der Waals surface area contributed by atoms with Gasteiger partial charge in [-0.05, 0) is 62.8 Å². The molecule has 0 saturated carbocycles. The Balaban J connectivity index is 1.16. The number of aliphatic hydroxyl groups is 2. The maximum Gasteiger partial charge on any atom is 0.316 e. The molecular weight excluding hydrogens is 839 g/mol. The molecular formula is C50H75NO14. The number of nitrogens with one attached hydrogen (secondary N) is 1. The summed E-state index contributed by atoms with van der Waals surface area (Å²) in [7, 11) is 3.30. The Morgan fingerprint density at radius 1 is 0.938 bits per heavy atom. The van der Waals surface area contributed by atoms with Crippen LogP contribution < -0.4 is 5.48 Å². The molecule has 1 aliphatic carbocycles. The van der Waals surface area contributed by atoms with Crippen molar-refractivity contribution in [2.75, 3.05) is 20.8 Å². The van der Waals surface area contributed by atoms with E-state index in [9.17, 15) is 15.0 Å². The van der Waals surface area contributed by atoms with Crippen molar-refractivity contribution in [3.05, 3.63) is 72.0 Å². The van der Waals surface area contributed by atoms with Crippen molar-refractivity contribution < 1.29 is 67.2 Å². The van der Waals surface area contributed by atoms with Crippen molar-refractivity contribution in [3.8, 4) is 0 Å². The molecule has 2 bridgehead atoms. The lowest BCUT2D eigenvalue weighted by molar-refractivity contribution is -0.323. The summed E-state index contributed by atoms with van der Waals surface area (Å²) < 4.78 is 64.5. The number of allylic oxidation sites excluding steroid dienone is 2. The van der Waals surface area contributed by atoms with E-state index in [1.807, 2.05) is 39.0 Å². The van der Waals surface area contributed by atoms with Crippen molar-refractivity contribution >= 4 is 5.97 Å². The minimum Gasteiger partial charge on any atom is -0.462 e. The molecule has 15 nitrogen and oxygen atoms in total. The van der Waals surface area contributed by atoms with Crippen LogP contribution in [0.15, 0.2) is 72.0 Å². The average molecular weight is 914 g/mol. The minimum absolute atomic E-state index is 0.0320. The van der Waals surface area contributed by atoms with Crippen molar-refractivity contribution in [2.45, 2.75) is 191 Å². The van der Waals surface area contributed by atoms with Gasteiger partial charge in [-0.15, -0.1) is 0 Å². The van der Waals surface area contributed by atoms with E-state index in [1.165, 1.54) is 6.20 Å². The molecule has 0 aromatic carbocycles. The Morgan fingerprint density at radius 2 is 1.63 bits per heavy atom. The zero-order valence-electron chi connectivity index (χ0n) is 40.0. The number of hydroxylamine groups is 1. The second-order valence-electron chi connectivity index (χ2n) is 19.4. The standard InChI is InChI=1S/C50H75NO14/c1-12-27(3)44-30(6)19-20-49(64-44)25-36-22-35(63-49)18-17-29(5)43(28(4)15-14-16-34-26-57-47-42(52)31(7)21-37(48(53)60-36)50(34,47)54)61-40-23-38(55-10)45(32(8)58-40)62-41-24-39(56-11)46(33(9)59-41)65-51-13-2/h13-17,19-21,27-28,30,32-33,35-47,51-52,54H,2,12,18,22-26H2,1,3-11H3/b15-14+,29-17+,34-16+/t27?,28-,30-,32-,33-,35+,36-,37-,38-,39-,40-,41-,42+,43-,44+,45-,46-,47+,49+,50+/m0/s1. The third-order valence-corrected chi connectivity index (χ3v) is 14.8. The van der Waals surface area contributed by atoms with E-state index in [2.05, 4.69) is 51.9 Å². The molecule has 0 aromatic heterocycles. The molecule has 0 amide bonds. The van der Waals surface area contributed by atoms with Gasteiger partial charge in [-0.25, -0.2) is 0 Å². The predicted octanol–water partition coefficient (Wildman–Crippen LogP) is 6.05. The fraction of sp³-hybridized carbons (Fsp3) is 0.740. The summed E-state index contributed by atoms with van der Waals surface area (Å²) >= 11 is 0. The van der Waals surface area contributed by atoms with Gasteiger partial charge in [0.2, 0.25) is 0 Å². The van der Waals surface area contributed by atoms with Crippen LogP contribution in [0, 0.1) is 23.7 Å². The largest absolute Gasteiger partial charge is 0.462 e. The van der Waals surface area contributed by atoms with Gasteiger partial charge in [0.1, 0.15) is 42.0 Å². The van der Waals surface area contributed by atoms with Gasteiger partial charge < -0.3 is 57.6 Å². The summed E-state index contributed by atoms with van der Waals surface area (Å²) in [5, 5.41) is 23.8. The molecule has 6 aliphatic heterocycles. The molecule has 7 rings (SSSR count). The molecule has 0 aromatic rings. The van der Waals surface area contributed by atoms with Crippen LogP contribution in [-0.4, -0.2) is 134 Å². The molecule has 0 radical (unpaired) electrons. The number of hydrogen-bond donors (Lipinski definition) is 3. The molecule has 6 heterocycles. The number of hydrogen-bond acceptors (Lipinski definition) is 15. The van der Waals surface area contributed by atoms with Gasteiger partial charge in [-0.2, -0.15) is 0 Å². The third-order valence-electron chi connectivity index (χ3n) is 14.8. The number of fused-ring (bicyclic) bond motifs is 2. The maximum atomic E-state index is 14.4. The summed E-state index contributed by atoms with van der Waals surface area (Å²) in [5.74, 6) is -2.57. The van der Waals surface area contributed by atoms with Crippen LogP contribution in [0.5, 0.6) is 0 Å². The van der Waals surface area contributed by atoms with Crippen molar-refractivity contribution in [1.29, 1.82) is 0 Å². The maximum absolute atomic E-state index is 14.4. The summed E-state index contributed by atoms with van der Waals surface area (Å²) in [4.78, 5) is 20.1. The molecule has 4 fully saturated rings. The van der Waals surface area contributed by atoms with Gasteiger partial charge in [0.15, 0.2) is 18.4 Å². The Hall–Kier alpha value is -2.77. The first-order chi connectivity index (χ1) is 31.0. The van der Waals surface area contributed by atoms with Gasteiger partial charge in [0.05, 0.1) is 49.3 Å². The Kier molecular flexibility index (Phi) is 16.4. The third kappa shape index (κ3) is 10.6.